The summed E-state index contributed by atoms with van der Waals surface area (Å²) in [6.45, 7) is 2.32. The number of ether oxygens (including phenoxy) is 1. The minimum atomic E-state index is -3.60. The van der Waals surface area contributed by atoms with Crippen LogP contribution in [0.5, 0.6) is 0 Å². The molecular formula is C20H21F2N3O4S2. The molecule has 0 N–H and O–H groups in total. The van der Waals surface area contributed by atoms with Gasteiger partial charge in [0.2, 0.25) is 10.0 Å². The third kappa shape index (κ3) is 5.05. The third-order valence-corrected chi connectivity index (χ3v) is 7.07. The zero-order valence-electron chi connectivity index (χ0n) is 17.1. The number of aromatic nitrogens is 2. The van der Waals surface area contributed by atoms with Gasteiger partial charge in [-0.25, -0.2) is 22.5 Å². The number of alkyl halides is 2. The molecule has 11 heteroatoms. The first kappa shape index (κ1) is 23.2. The topological polar surface area (TPSA) is 81.5 Å². The van der Waals surface area contributed by atoms with Gasteiger partial charge in [0.25, 0.3) is 5.76 Å². The van der Waals surface area contributed by atoms with Gasteiger partial charge in [-0.2, -0.15) is 8.78 Å². The Bertz CT molecular complexity index is 1190. The largest absolute Gasteiger partial charge is 0.454 e. The fourth-order valence-corrected chi connectivity index (χ4v) is 4.40. The van der Waals surface area contributed by atoms with Gasteiger partial charge in [0.15, 0.2) is 0 Å². The number of carbonyl (C=O) groups is 1. The minimum Gasteiger partial charge on any atom is -0.454 e. The lowest BCUT2D eigenvalue weighted by atomic mass is 10.2. The molecule has 0 aliphatic rings. The molecule has 1 aromatic heterocycles. The summed E-state index contributed by atoms with van der Waals surface area (Å²) in [5.41, 5.74) is 1.43. The summed E-state index contributed by atoms with van der Waals surface area (Å²) in [5.74, 6) is -2.68. The summed E-state index contributed by atoms with van der Waals surface area (Å²) in [6, 6.07) is 10.4. The summed E-state index contributed by atoms with van der Waals surface area (Å²) in [6.07, 6.45) is 0. The molecule has 3 aromatic rings. The molecule has 31 heavy (non-hydrogen) atoms. The summed E-state index contributed by atoms with van der Waals surface area (Å²) < 4.78 is 57.8. The highest BCUT2D eigenvalue weighted by atomic mass is 32.2. The predicted octanol–water partition coefficient (Wildman–Crippen LogP) is 3.98. The van der Waals surface area contributed by atoms with Gasteiger partial charge in [0, 0.05) is 25.5 Å². The molecule has 0 spiro atoms. The van der Waals surface area contributed by atoms with E-state index in [1.807, 2.05) is 11.5 Å². The van der Waals surface area contributed by atoms with Crippen molar-refractivity contribution >= 4 is 38.8 Å². The molecule has 0 bridgehead atoms. The minimum absolute atomic E-state index is 0.120. The highest BCUT2D eigenvalue weighted by molar-refractivity contribution is 7.99. The van der Waals surface area contributed by atoms with E-state index in [0.717, 1.165) is 9.82 Å². The van der Waals surface area contributed by atoms with Gasteiger partial charge >= 0.3 is 5.97 Å². The number of nitrogens with zero attached hydrogens (tertiary/aromatic N) is 3. The van der Waals surface area contributed by atoms with Gasteiger partial charge < -0.3 is 9.30 Å². The van der Waals surface area contributed by atoms with Gasteiger partial charge in [0.1, 0.15) is 12.4 Å². The molecule has 0 unspecified atom stereocenters. The number of carbonyl (C=O) groups excluding carboxylic acids is 1. The van der Waals surface area contributed by atoms with Gasteiger partial charge in [-0.15, -0.1) is 0 Å². The van der Waals surface area contributed by atoms with E-state index in [4.69, 9.17) is 4.74 Å². The van der Waals surface area contributed by atoms with Crippen molar-refractivity contribution in [2.24, 2.45) is 0 Å². The Kier molecular flexibility index (Phi) is 6.97. The van der Waals surface area contributed by atoms with Gasteiger partial charge in [-0.3, -0.25) is 0 Å². The third-order valence-electron chi connectivity index (χ3n) is 4.54. The van der Waals surface area contributed by atoms with Crippen molar-refractivity contribution in [3.8, 4) is 0 Å². The average molecular weight is 470 g/mol. The van der Waals surface area contributed by atoms with Crippen molar-refractivity contribution in [2.45, 2.75) is 35.6 Å². The van der Waals surface area contributed by atoms with Gasteiger partial charge in [0.05, 0.1) is 21.5 Å². The van der Waals surface area contributed by atoms with Crippen LogP contribution in [-0.2, 0) is 27.9 Å². The van der Waals surface area contributed by atoms with Crippen LogP contribution in [0.2, 0.25) is 0 Å². The lowest BCUT2D eigenvalue weighted by Gasteiger charge is -2.11. The summed E-state index contributed by atoms with van der Waals surface area (Å²) in [7, 11) is -0.697. The van der Waals surface area contributed by atoms with Crippen LogP contribution in [0.15, 0.2) is 52.3 Å². The number of hydrogen-bond acceptors (Lipinski definition) is 6. The quantitative estimate of drug-likeness (QED) is 0.367. The number of thioether (sulfide) groups is 1. The van der Waals surface area contributed by atoms with Crippen LogP contribution in [0, 0.1) is 0 Å². The Morgan fingerprint density at radius 2 is 1.87 bits per heavy atom. The smallest absolute Gasteiger partial charge is 0.338 e. The molecule has 0 aliphatic carbocycles. The van der Waals surface area contributed by atoms with E-state index in [9.17, 15) is 22.0 Å². The number of sulfonamides is 1. The Labute approximate surface area is 183 Å². The number of esters is 1. The number of hydrogen-bond donors (Lipinski definition) is 0. The Hall–Kier alpha value is -2.50. The van der Waals surface area contributed by atoms with Crippen LogP contribution in [-0.4, -0.2) is 48.1 Å². The molecule has 0 aliphatic heterocycles. The maximum Gasteiger partial charge on any atom is 0.338 e. The first-order valence-corrected chi connectivity index (χ1v) is 11.6. The SMILES string of the molecule is CCn1c(COC(=O)c2ccc(SC(F)F)cc2)nc2cc(S(=O)(=O)N(C)C)ccc21. The van der Waals surface area contributed by atoms with Crippen LogP contribution in [0.25, 0.3) is 11.0 Å². The van der Waals surface area contributed by atoms with E-state index in [0.29, 0.717) is 34.5 Å². The summed E-state index contributed by atoms with van der Waals surface area (Å²) in [5, 5.41) is 0. The molecule has 166 valence electrons. The highest BCUT2D eigenvalue weighted by Gasteiger charge is 2.20. The van der Waals surface area contributed by atoms with E-state index in [1.165, 1.54) is 50.5 Å². The monoisotopic (exact) mass is 469 g/mol. The molecule has 0 saturated carbocycles. The lowest BCUT2D eigenvalue weighted by molar-refractivity contribution is 0.0458. The van der Waals surface area contributed by atoms with Crippen LogP contribution in [0.4, 0.5) is 8.78 Å². The normalized spacial score (nSPS) is 12.1. The van der Waals surface area contributed by atoms with Gasteiger partial charge in [-0.1, -0.05) is 11.8 Å². The molecule has 0 atom stereocenters. The standard InChI is InChI=1S/C20H21F2N3O4S2/c1-4-25-17-10-9-15(31(27,28)24(2)3)11-16(17)23-18(25)12-29-19(26)13-5-7-14(8-6-13)30-20(21)22/h5-11,20H,4,12H2,1-3H3. The Morgan fingerprint density at radius 1 is 1.19 bits per heavy atom. The first-order valence-electron chi connectivity index (χ1n) is 9.27. The fraction of sp³-hybridized carbons (Fsp3) is 0.300. The number of imidazole rings is 1. The molecular weight excluding hydrogens is 448 g/mol. The number of fused-ring (bicyclic) bond motifs is 1. The lowest BCUT2D eigenvalue weighted by Crippen LogP contribution is -2.22. The summed E-state index contributed by atoms with van der Waals surface area (Å²) >= 11 is 0.396. The second kappa shape index (κ2) is 9.33. The summed E-state index contributed by atoms with van der Waals surface area (Å²) in [4.78, 5) is 17.2. The molecule has 0 saturated heterocycles. The predicted molar refractivity (Wildman–Crippen MR) is 114 cm³/mol. The van der Waals surface area contributed by atoms with E-state index in [2.05, 4.69) is 4.98 Å². The van der Waals surface area contributed by atoms with Crippen molar-refractivity contribution in [3.05, 3.63) is 53.9 Å². The second-order valence-electron chi connectivity index (χ2n) is 6.69. The first-order chi connectivity index (χ1) is 14.6. The molecule has 7 nitrogen and oxygen atoms in total. The fourth-order valence-electron chi connectivity index (χ4n) is 2.98. The van der Waals surface area contributed by atoms with Crippen molar-refractivity contribution in [1.29, 1.82) is 0 Å². The number of aryl methyl sites for hydroxylation is 1. The van der Waals surface area contributed by atoms with Gasteiger partial charge in [-0.05, 0) is 49.4 Å². The molecule has 3 rings (SSSR count). The van der Waals surface area contributed by atoms with E-state index < -0.39 is 21.8 Å². The number of rotatable bonds is 8. The molecule has 0 radical (unpaired) electrons. The van der Waals surface area contributed by atoms with E-state index >= 15 is 0 Å². The highest BCUT2D eigenvalue weighted by Crippen LogP contribution is 2.26. The van der Waals surface area contributed by atoms with Crippen molar-refractivity contribution in [2.75, 3.05) is 14.1 Å². The average Bonchev–Trinajstić information content (AvgIpc) is 3.08. The van der Waals surface area contributed by atoms with Crippen LogP contribution in [0.3, 0.4) is 0 Å². The zero-order valence-corrected chi connectivity index (χ0v) is 18.7. The maximum absolute atomic E-state index is 12.4. The Balaban J connectivity index is 1.80. The maximum atomic E-state index is 12.4. The zero-order chi connectivity index (χ0) is 22.8. The second-order valence-corrected chi connectivity index (χ2v) is 9.90. The molecule has 0 fully saturated rings. The van der Waals surface area contributed by atoms with E-state index in [-0.39, 0.29) is 17.1 Å². The number of benzene rings is 2. The molecule has 2 aromatic carbocycles. The van der Waals surface area contributed by atoms with Crippen molar-refractivity contribution in [3.63, 3.8) is 0 Å². The van der Waals surface area contributed by atoms with Crippen LogP contribution in [0.1, 0.15) is 23.1 Å². The molecule has 1 heterocycles. The molecule has 0 amide bonds. The van der Waals surface area contributed by atoms with Crippen LogP contribution < -0.4 is 0 Å². The van der Waals surface area contributed by atoms with Crippen LogP contribution >= 0.6 is 11.8 Å². The van der Waals surface area contributed by atoms with Crippen molar-refractivity contribution < 1.29 is 26.7 Å². The number of halogens is 2. The van der Waals surface area contributed by atoms with Crippen molar-refractivity contribution in [1.82, 2.24) is 13.9 Å². The Morgan fingerprint density at radius 3 is 2.45 bits per heavy atom. The van der Waals surface area contributed by atoms with E-state index in [1.54, 1.807) is 6.07 Å².